The first-order valence-electron chi connectivity index (χ1n) is 12.1. The van der Waals surface area contributed by atoms with E-state index >= 15 is 0 Å². The van der Waals surface area contributed by atoms with Crippen LogP contribution in [-0.4, -0.2) is 46.6 Å². The molecule has 2 aliphatic rings. The van der Waals surface area contributed by atoms with Crippen LogP contribution in [0.3, 0.4) is 0 Å². The number of para-hydroxylation sites is 1. The molecule has 0 bridgehead atoms. The van der Waals surface area contributed by atoms with Gasteiger partial charge in [-0.1, -0.05) is 41.1 Å². The molecule has 1 aliphatic carbocycles. The van der Waals surface area contributed by atoms with Gasteiger partial charge in [0.15, 0.2) is 0 Å². The predicted octanol–water partition coefficient (Wildman–Crippen LogP) is 4.71. The lowest BCUT2D eigenvalue weighted by atomic mass is 9.85. The van der Waals surface area contributed by atoms with Gasteiger partial charge in [0.1, 0.15) is 5.69 Å². The molecular weight excluding hydrogens is 538 g/mol. The molecule has 2 N–H and O–H groups in total. The summed E-state index contributed by atoms with van der Waals surface area (Å²) in [6, 6.07) is 8.16. The number of hydrogen-bond acceptors (Lipinski definition) is 7. The van der Waals surface area contributed by atoms with Gasteiger partial charge in [-0.25, -0.2) is 13.8 Å². The summed E-state index contributed by atoms with van der Waals surface area (Å²) in [5.41, 5.74) is -1.52. The Kier molecular flexibility index (Phi) is 7.34. The summed E-state index contributed by atoms with van der Waals surface area (Å²) < 4.78 is 31.8. The maximum Gasteiger partial charge on any atom is 0.281 e. The number of amides is 2. The van der Waals surface area contributed by atoms with Gasteiger partial charge in [-0.3, -0.25) is 14.6 Å². The SMILES string of the molecule is COc1ncc(C2(O)C(=O)N(CC3CCC(NC(=O)c4cc(Cl)cnc4C(F)F)CC3)c3ccccc32)s1. The molecule has 0 spiro atoms. The van der Waals surface area contributed by atoms with E-state index in [2.05, 4.69) is 15.3 Å². The number of methoxy groups -OCH3 is 1. The van der Waals surface area contributed by atoms with Crippen LogP contribution in [0.4, 0.5) is 14.5 Å². The van der Waals surface area contributed by atoms with Crippen LogP contribution in [-0.2, 0) is 10.4 Å². The third-order valence-electron chi connectivity index (χ3n) is 7.11. The zero-order valence-electron chi connectivity index (χ0n) is 20.4. The standard InChI is InChI=1S/C26H25ClF2N4O4S/c1-37-25-31-12-20(38-25)26(36)18-4-2-3-5-19(18)33(24(26)35)13-14-6-8-16(9-7-14)32-23(34)17-10-15(27)11-30-21(17)22(28)29/h2-5,10-12,14,16,22,36H,6-9,13H2,1H3,(H,32,34). The van der Waals surface area contributed by atoms with Crippen LogP contribution in [0.5, 0.6) is 5.19 Å². The second kappa shape index (κ2) is 10.5. The van der Waals surface area contributed by atoms with Crippen molar-refractivity contribution in [2.75, 3.05) is 18.6 Å². The van der Waals surface area contributed by atoms with Gasteiger partial charge in [0, 0.05) is 30.5 Å². The average molecular weight is 563 g/mol. The van der Waals surface area contributed by atoms with Crippen molar-refractivity contribution in [3.63, 3.8) is 0 Å². The lowest BCUT2D eigenvalue weighted by Gasteiger charge is -2.32. The minimum Gasteiger partial charge on any atom is -0.473 e. The summed E-state index contributed by atoms with van der Waals surface area (Å²) in [5.74, 6) is -0.941. The fourth-order valence-electron chi connectivity index (χ4n) is 5.19. The van der Waals surface area contributed by atoms with E-state index < -0.39 is 29.5 Å². The zero-order chi connectivity index (χ0) is 27.0. The molecule has 1 aliphatic heterocycles. The highest BCUT2D eigenvalue weighted by Crippen LogP contribution is 2.47. The minimum absolute atomic E-state index is 0.107. The van der Waals surface area contributed by atoms with Gasteiger partial charge in [0.05, 0.1) is 28.3 Å². The van der Waals surface area contributed by atoms with Gasteiger partial charge in [-0.05, 0) is 43.7 Å². The number of nitrogens with one attached hydrogen (secondary N) is 1. The summed E-state index contributed by atoms with van der Waals surface area (Å²) in [4.78, 5) is 36.1. The summed E-state index contributed by atoms with van der Waals surface area (Å²) in [6.45, 7) is 0.405. The van der Waals surface area contributed by atoms with Gasteiger partial charge < -0.3 is 20.1 Å². The number of nitrogens with zero attached hydrogens (tertiary/aromatic N) is 3. The fraction of sp³-hybridized carbons (Fsp3) is 0.385. The number of rotatable bonds is 7. The van der Waals surface area contributed by atoms with Crippen molar-refractivity contribution >= 4 is 40.4 Å². The van der Waals surface area contributed by atoms with Crippen molar-refractivity contribution in [2.45, 2.75) is 43.8 Å². The Morgan fingerprint density at radius 2 is 2.00 bits per heavy atom. The van der Waals surface area contributed by atoms with Crippen LogP contribution >= 0.6 is 22.9 Å². The molecule has 3 aromatic rings. The van der Waals surface area contributed by atoms with Crippen LogP contribution in [0.1, 0.15) is 58.6 Å². The third kappa shape index (κ3) is 4.74. The van der Waals surface area contributed by atoms with Crippen LogP contribution in [0, 0.1) is 5.92 Å². The Morgan fingerprint density at radius 1 is 1.26 bits per heavy atom. The van der Waals surface area contributed by atoms with Crippen molar-refractivity contribution < 1.29 is 28.2 Å². The molecule has 1 fully saturated rings. The number of ether oxygens (including phenoxy) is 1. The number of halogens is 3. The van der Waals surface area contributed by atoms with E-state index in [4.69, 9.17) is 16.3 Å². The Bertz CT molecular complexity index is 1360. The first-order valence-corrected chi connectivity index (χ1v) is 13.3. The number of anilines is 1. The lowest BCUT2D eigenvalue weighted by Crippen LogP contribution is -2.44. The van der Waals surface area contributed by atoms with E-state index in [0.717, 1.165) is 17.5 Å². The molecule has 1 saturated carbocycles. The molecule has 5 rings (SSSR count). The average Bonchev–Trinajstić information content (AvgIpc) is 3.48. The number of fused-ring (bicyclic) bond motifs is 1. The van der Waals surface area contributed by atoms with Crippen molar-refractivity contribution in [3.8, 4) is 5.19 Å². The molecular formula is C26H25ClF2N4O4S. The summed E-state index contributed by atoms with van der Waals surface area (Å²) in [7, 11) is 1.48. The smallest absolute Gasteiger partial charge is 0.281 e. The first-order chi connectivity index (χ1) is 18.2. The van der Waals surface area contributed by atoms with Gasteiger partial charge in [-0.2, -0.15) is 0 Å². The number of carbonyl (C=O) groups is 2. The van der Waals surface area contributed by atoms with E-state index in [9.17, 15) is 23.5 Å². The molecule has 2 aromatic heterocycles. The number of pyridine rings is 1. The Hall–Kier alpha value is -3.15. The first kappa shape index (κ1) is 26.5. The number of alkyl halides is 2. The van der Waals surface area contributed by atoms with Gasteiger partial charge in [0.2, 0.25) is 5.60 Å². The molecule has 12 heteroatoms. The van der Waals surface area contributed by atoms with Crippen molar-refractivity contribution in [1.29, 1.82) is 0 Å². The van der Waals surface area contributed by atoms with E-state index in [1.807, 2.05) is 12.1 Å². The normalized spacial score (nSPS) is 23.0. The molecule has 8 nitrogen and oxygen atoms in total. The van der Waals surface area contributed by atoms with Crippen LogP contribution in [0.15, 0.2) is 42.7 Å². The fourth-order valence-corrected chi connectivity index (χ4v) is 6.18. The maximum atomic E-state index is 13.6. The molecule has 200 valence electrons. The predicted molar refractivity (Wildman–Crippen MR) is 138 cm³/mol. The minimum atomic E-state index is -2.89. The van der Waals surface area contributed by atoms with E-state index in [0.29, 0.717) is 53.5 Å². The number of aliphatic hydroxyl groups is 1. The Morgan fingerprint density at radius 3 is 2.68 bits per heavy atom. The summed E-state index contributed by atoms with van der Waals surface area (Å²) in [6.07, 6.45) is 2.32. The summed E-state index contributed by atoms with van der Waals surface area (Å²) in [5, 5.41) is 14.9. The monoisotopic (exact) mass is 562 g/mol. The lowest BCUT2D eigenvalue weighted by molar-refractivity contribution is -0.132. The van der Waals surface area contributed by atoms with Gasteiger partial charge >= 0.3 is 0 Å². The molecule has 1 unspecified atom stereocenters. The number of hydrogen-bond donors (Lipinski definition) is 2. The van der Waals surface area contributed by atoms with Gasteiger partial charge in [0.25, 0.3) is 23.4 Å². The maximum absolute atomic E-state index is 13.6. The number of benzene rings is 1. The van der Waals surface area contributed by atoms with Gasteiger partial charge in [-0.15, -0.1) is 0 Å². The van der Waals surface area contributed by atoms with Crippen LogP contribution in [0.25, 0.3) is 0 Å². The van der Waals surface area contributed by atoms with Crippen LogP contribution < -0.4 is 15.0 Å². The largest absolute Gasteiger partial charge is 0.473 e. The van der Waals surface area contributed by atoms with E-state index in [1.54, 1.807) is 17.0 Å². The quantitative estimate of drug-likeness (QED) is 0.432. The van der Waals surface area contributed by atoms with Crippen molar-refractivity contribution in [1.82, 2.24) is 15.3 Å². The second-order valence-electron chi connectivity index (χ2n) is 9.42. The van der Waals surface area contributed by atoms with E-state index in [-0.39, 0.29) is 22.5 Å². The molecule has 3 heterocycles. The highest BCUT2D eigenvalue weighted by Gasteiger charge is 2.52. The summed E-state index contributed by atoms with van der Waals surface area (Å²) >= 11 is 7.00. The van der Waals surface area contributed by atoms with Crippen LogP contribution in [0.2, 0.25) is 5.02 Å². The number of aromatic nitrogens is 2. The highest BCUT2D eigenvalue weighted by molar-refractivity contribution is 7.13. The van der Waals surface area contributed by atoms with Crippen molar-refractivity contribution in [2.24, 2.45) is 5.92 Å². The second-order valence-corrected chi connectivity index (χ2v) is 10.8. The van der Waals surface area contributed by atoms with Crippen molar-refractivity contribution in [3.05, 3.63) is 69.4 Å². The third-order valence-corrected chi connectivity index (χ3v) is 8.39. The molecule has 2 amide bonds. The van der Waals surface area contributed by atoms with E-state index in [1.165, 1.54) is 19.4 Å². The number of carbonyl (C=O) groups excluding carboxylic acids is 2. The molecule has 38 heavy (non-hydrogen) atoms. The Labute approximate surface area is 226 Å². The number of thiazole rings is 1. The molecule has 0 radical (unpaired) electrons. The highest BCUT2D eigenvalue weighted by atomic mass is 35.5. The zero-order valence-corrected chi connectivity index (χ0v) is 21.9. The molecule has 1 aromatic carbocycles. The topological polar surface area (TPSA) is 105 Å². The molecule has 0 saturated heterocycles. The Balaban J connectivity index is 1.26. The molecule has 1 atom stereocenters.